The molecule has 0 unspecified atom stereocenters. The van der Waals surface area contributed by atoms with Crippen LogP contribution in [0.1, 0.15) is 16.9 Å². The van der Waals surface area contributed by atoms with Crippen LogP contribution in [0.15, 0.2) is 47.8 Å². The van der Waals surface area contributed by atoms with Gasteiger partial charge in [0.25, 0.3) is 0 Å². The van der Waals surface area contributed by atoms with Gasteiger partial charge in [-0.25, -0.2) is 4.79 Å². The molecule has 5 nitrogen and oxygen atoms in total. The Labute approximate surface area is 152 Å². The van der Waals surface area contributed by atoms with Gasteiger partial charge in [-0.1, -0.05) is 36.4 Å². The fourth-order valence-electron chi connectivity index (χ4n) is 2.94. The van der Waals surface area contributed by atoms with Gasteiger partial charge >= 0.3 is 6.03 Å². The molecule has 2 heterocycles. The summed E-state index contributed by atoms with van der Waals surface area (Å²) in [6.07, 6.45) is 1.23. The summed E-state index contributed by atoms with van der Waals surface area (Å²) in [6.45, 7) is 3.13. The highest BCUT2D eigenvalue weighted by Crippen LogP contribution is 2.10. The van der Waals surface area contributed by atoms with Crippen LogP contribution in [0, 0.1) is 0 Å². The minimum atomic E-state index is -0.0502. The van der Waals surface area contributed by atoms with Crippen molar-refractivity contribution >= 4 is 23.3 Å². The molecule has 25 heavy (non-hydrogen) atoms. The summed E-state index contributed by atoms with van der Waals surface area (Å²) in [6, 6.07) is 13.7. The monoisotopic (exact) mass is 357 g/mol. The highest BCUT2D eigenvalue weighted by atomic mass is 32.1. The molecule has 0 bridgehead atoms. The Bertz CT molecular complexity index is 688. The maximum Gasteiger partial charge on any atom is 0.317 e. The van der Waals surface area contributed by atoms with Gasteiger partial charge in [-0.15, -0.1) is 11.3 Å². The van der Waals surface area contributed by atoms with Crippen LogP contribution in [0.25, 0.3) is 0 Å². The van der Waals surface area contributed by atoms with Crippen molar-refractivity contribution < 1.29 is 9.59 Å². The standard InChI is InChI=1S/C19H23N3O2S/c23-18(14-16-6-2-1-3-7-16)21-9-5-10-22(12-11-21)19(24)20-15-17-8-4-13-25-17/h1-4,6-8,13H,5,9-12,14-15H2,(H,20,24). The first-order valence-corrected chi connectivity index (χ1v) is 9.47. The predicted octanol–water partition coefficient (Wildman–Crippen LogP) is 2.73. The van der Waals surface area contributed by atoms with Gasteiger partial charge in [0, 0.05) is 31.1 Å². The van der Waals surface area contributed by atoms with Crippen molar-refractivity contribution in [1.29, 1.82) is 0 Å². The molecule has 0 atom stereocenters. The molecule has 2 aromatic rings. The van der Waals surface area contributed by atoms with E-state index in [0.29, 0.717) is 39.1 Å². The lowest BCUT2D eigenvalue weighted by atomic mass is 10.1. The Morgan fingerprint density at radius 1 is 0.960 bits per heavy atom. The van der Waals surface area contributed by atoms with E-state index in [4.69, 9.17) is 0 Å². The van der Waals surface area contributed by atoms with Gasteiger partial charge in [-0.2, -0.15) is 0 Å². The van der Waals surface area contributed by atoms with Crippen molar-refractivity contribution in [2.75, 3.05) is 26.2 Å². The largest absolute Gasteiger partial charge is 0.341 e. The Morgan fingerprint density at radius 3 is 2.48 bits per heavy atom. The van der Waals surface area contributed by atoms with Crippen molar-refractivity contribution in [3.8, 4) is 0 Å². The first kappa shape index (κ1) is 17.5. The van der Waals surface area contributed by atoms with Gasteiger partial charge in [0.1, 0.15) is 0 Å². The quantitative estimate of drug-likeness (QED) is 0.915. The number of benzene rings is 1. The van der Waals surface area contributed by atoms with E-state index in [1.165, 1.54) is 0 Å². The van der Waals surface area contributed by atoms with Crippen LogP contribution < -0.4 is 5.32 Å². The van der Waals surface area contributed by atoms with Crippen molar-refractivity contribution in [2.45, 2.75) is 19.4 Å². The van der Waals surface area contributed by atoms with Gasteiger partial charge in [0.2, 0.25) is 5.91 Å². The van der Waals surface area contributed by atoms with Gasteiger partial charge in [0.15, 0.2) is 0 Å². The summed E-state index contributed by atoms with van der Waals surface area (Å²) < 4.78 is 0. The number of hydrogen-bond acceptors (Lipinski definition) is 3. The normalized spacial score (nSPS) is 14.9. The molecule has 0 aliphatic carbocycles. The highest BCUT2D eigenvalue weighted by Gasteiger charge is 2.21. The fourth-order valence-corrected chi connectivity index (χ4v) is 3.58. The van der Waals surface area contributed by atoms with E-state index in [2.05, 4.69) is 5.32 Å². The Balaban J connectivity index is 1.48. The van der Waals surface area contributed by atoms with E-state index in [1.54, 1.807) is 11.3 Å². The second kappa shape index (κ2) is 8.67. The number of carbonyl (C=O) groups is 2. The zero-order valence-corrected chi connectivity index (χ0v) is 15.0. The average molecular weight is 357 g/mol. The average Bonchev–Trinajstić information content (AvgIpc) is 3.02. The van der Waals surface area contributed by atoms with Crippen LogP contribution in [0.3, 0.4) is 0 Å². The van der Waals surface area contributed by atoms with Crippen LogP contribution in [0.4, 0.5) is 4.79 Å². The third-order valence-electron chi connectivity index (χ3n) is 4.33. The molecular formula is C19H23N3O2S. The second-order valence-corrected chi connectivity index (χ2v) is 7.15. The minimum Gasteiger partial charge on any atom is -0.341 e. The van der Waals surface area contributed by atoms with Crippen LogP contribution in [0.5, 0.6) is 0 Å². The van der Waals surface area contributed by atoms with E-state index in [1.807, 2.05) is 57.6 Å². The van der Waals surface area contributed by atoms with Crippen molar-refractivity contribution in [3.63, 3.8) is 0 Å². The molecule has 0 radical (unpaired) electrons. The summed E-state index contributed by atoms with van der Waals surface area (Å²) in [5.41, 5.74) is 1.03. The number of carbonyl (C=O) groups excluding carboxylic acids is 2. The van der Waals surface area contributed by atoms with E-state index in [-0.39, 0.29) is 11.9 Å². The molecule has 1 N–H and O–H groups in total. The number of thiophene rings is 1. The molecule has 0 saturated carbocycles. The maximum absolute atomic E-state index is 12.5. The summed E-state index contributed by atoms with van der Waals surface area (Å²) in [5.74, 6) is 0.132. The van der Waals surface area contributed by atoms with Gasteiger partial charge in [-0.3, -0.25) is 4.79 Å². The van der Waals surface area contributed by atoms with Crippen LogP contribution in [-0.4, -0.2) is 47.9 Å². The molecule has 1 saturated heterocycles. The first-order valence-electron chi connectivity index (χ1n) is 8.59. The molecular weight excluding hydrogens is 334 g/mol. The predicted molar refractivity (Wildman–Crippen MR) is 99.5 cm³/mol. The molecule has 1 aromatic carbocycles. The number of rotatable bonds is 4. The third-order valence-corrected chi connectivity index (χ3v) is 5.20. The molecule has 1 aromatic heterocycles. The zero-order valence-electron chi connectivity index (χ0n) is 14.2. The molecule has 1 aliphatic heterocycles. The van der Waals surface area contributed by atoms with E-state index >= 15 is 0 Å². The zero-order chi connectivity index (χ0) is 17.5. The highest BCUT2D eigenvalue weighted by molar-refractivity contribution is 7.09. The minimum absolute atomic E-state index is 0.0502. The SMILES string of the molecule is O=C(Cc1ccccc1)N1CCCN(C(=O)NCc2cccs2)CC1. The second-order valence-electron chi connectivity index (χ2n) is 6.12. The molecule has 0 spiro atoms. The number of hydrogen-bond donors (Lipinski definition) is 1. The lowest BCUT2D eigenvalue weighted by Crippen LogP contribution is -2.42. The summed E-state index contributed by atoms with van der Waals surface area (Å²) in [7, 11) is 0. The fraction of sp³-hybridized carbons (Fsp3) is 0.368. The van der Waals surface area contributed by atoms with Gasteiger partial charge in [0.05, 0.1) is 13.0 Å². The third kappa shape index (κ3) is 5.06. The Morgan fingerprint density at radius 2 is 1.72 bits per heavy atom. The van der Waals surface area contributed by atoms with Gasteiger partial charge in [-0.05, 0) is 23.4 Å². The molecule has 1 fully saturated rings. The summed E-state index contributed by atoms with van der Waals surface area (Å²) in [4.78, 5) is 29.6. The molecule has 1 aliphatic rings. The number of amides is 3. The summed E-state index contributed by atoms with van der Waals surface area (Å²) >= 11 is 1.63. The van der Waals surface area contributed by atoms with Crippen molar-refractivity contribution in [2.24, 2.45) is 0 Å². The molecule has 6 heteroatoms. The lowest BCUT2D eigenvalue weighted by Gasteiger charge is -2.22. The van der Waals surface area contributed by atoms with Crippen molar-refractivity contribution in [1.82, 2.24) is 15.1 Å². The molecule has 3 amide bonds. The molecule has 132 valence electrons. The number of urea groups is 1. The number of nitrogens with one attached hydrogen (secondary N) is 1. The van der Waals surface area contributed by atoms with Crippen molar-refractivity contribution in [3.05, 3.63) is 58.3 Å². The van der Waals surface area contributed by atoms with Crippen LogP contribution in [0.2, 0.25) is 0 Å². The number of nitrogens with zero attached hydrogens (tertiary/aromatic N) is 2. The summed E-state index contributed by atoms with van der Waals surface area (Å²) in [5, 5.41) is 4.96. The van der Waals surface area contributed by atoms with Gasteiger partial charge < -0.3 is 15.1 Å². The van der Waals surface area contributed by atoms with E-state index in [0.717, 1.165) is 16.9 Å². The Hall–Kier alpha value is -2.34. The topological polar surface area (TPSA) is 52.7 Å². The lowest BCUT2D eigenvalue weighted by molar-refractivity contribution is -0.130. The Kier molecular flexibility index (Phi) is 6.06. The smallest absolute Gasteiger partial charge is 0.317 e. The van der Waals surface area contributed by atoms with Crippen LogP contribution in [-0.2, 0) is 17.8 Å². The first-order chi connectivity index (χ1) is 12.2. The molecule has 3 rings (SSSR count). The van der Waals surface area contributed by atoms with E-state index < -0.39 is 0 Å². The maximum atomic E-state index is 12.5. The van der Waals surface area contributed by atoms with E-state index in [9.17, 15) is 9.59 Å². The van der Waals surface area contributed by atoms with Crippen LogP contribution >= 0.6 is 11.3 Å².